The minimum Gasteiger partial charge on any atom is -0.454 e. The topological polar surface area (TPSA) is 29.5 Å². The number of rotatable bonds is 3. The Morgan fingerprint density at radius 1 is 1.06 bits per heavy atom. The molecule has 17 heavy (non-hydrogen) atoms. The maximum absolute atomic E-state index is 13.4. The first-order valence-corrected chi connectivity index (χ1v) is 4.92. The van der Waals surface area contributed by atoms with Gasteiger partial charge in [-0.1, -0.05) is 24.3 Å². The van der Waals surface area contributed by atoms with Crippen molar-refractivity contribution in [3.05, 3.63) is 59.9 Å². The first-order valence-electron chi connectivity index (χ1n) is 4.92. The molecule has 0 aromatic heterocycles. The Balaban J connectivity index is 0.00000144. The molecule has 0 atom stereocenters. The third-order valence-corrected chi connectivity index (χ3v) is 2.15. The highest BCUT2D eigenvalue weighted by atomic mass is 35.5. The Kier molecular flexibility index (Phi) is 4.94. The van der Waals surface area contributed by atoms with Gasteiger partial charge in [0.2, 0.25) is 0 Å². The van der Waals surface area contributed by atoms with Crippen molar-refractivity contribution in [1.82, 2.24) is 0 Å². The van der Waals surface area contributed by atoms with E-state index in [2.05, 4.69) is 0 Å². The zero-order valence-electron chi connectivity index (χ0n) is 8.97. The Morgan fingerprint density at radius 3 is 2.41 bits per heavy atom. The van der Waals surface area contributed by atoms with E-state index in [1.54, 1.807) is 12.1 Å². The molecule has 0 aliphatic rings. The van der Waals surface area contributed by atoms with E-state index in [0.29, 0.717) is 11.3 Å². The molecule has 0 heterocycles. The summed E-state index contributed by atoms with van der Waals surface area (Å²) in [7, 11) is 0. The van der Waals surface area contributed by atoms with Crippen molar-refractivity contribution in [1.29, 1.82) is 0 Å². The Bertz CT molecular complexity index is 474. The maximum atomic E-state index is 13.4. The predicted octanol–water partition coefficient (Wildman–Crippen LogP) is 3.53. The molecule has 2 rings (SSSR count). The van der Waals surface area contributed by atoms with Crippen molar-refractivity contribution in [3.63, 3.8) is 0 Å². The van der Waals surface area contributed by atoms with E-state index in [9.17, 15) is 4.39 Å². The third-order valence-electron chi connectivity index (χ3n) is 2.15. The Hall–Kier alpha value is -1.58. The maximum Gasteiger partial charge on any atom is 0.165 e. The van der Waals surface area contributed by atoms with E-state index in [4.69, 9.17) is 9.84 Å². The van der Waals surface area contributed by atoms with Gasteiger partial charge in [0.25, 0.3) is 0 Å². The second kappa shape index (κ2) is 6.23. The van der Waals surface area contributed by atoms with Crippen molar-refractivity contribution in [2.75, 3.05) is 0 Å². The number of halogens is 2. The quantitative estimate of drug-likeness (QED) is 0.908. The summed E-state index contributed by atoms with van der Waals surface area (Å²) in [5.41, 5.74) is 0.618. The van der Waals surface area contributed by atoms with Gasteiger partial charge < -0.3 is 9.84 Å². The molecule has 0 amide bonds. The van der Waals surface area contributed by atoms with Gasteiger partial charge in [0.05, 0.1) is 6.61 Å². The molecule has 0 aliphatic carbocycles. The van der Waals surface area contributed by atoms with Gasteiger partial charge >= 0.3 is 0 Å². The average Bonchev–Trinajstić information content (AvgIpc) is 2.33. The van der Waals surface area contributed by atoms with Crippen LogP contribution in [0.2, 0.25) is 0 Å². The second-order valence-electron chi connectivity index (χ2n) is 3.34. The monoisotopic (exact) mass is 254 g/mol. The van der Waals surface area contributed by atoms with Crippen LogP contribution in [0.25, 0.3) is 0 Å². The van der Waals surface area contributed by atoms with Crippen molar-refractivity contribution < 1.29 is 14.2 Å². The van der Waals surface area contributed by atoms with Crippen LogP contribution in [0.4, 0.5) is 4.39 Å². The predicted molar refractivity (Wildman–Crippen MR) is 66.1 cm³/mol. The van der Waals surface area contributed by atoms with Crippen LogP contribution in [0.3, 0.4) is 0 Å². The summed E-state index contributed by atoms with van der Waals surface area (Å²) >= 11 is 0. The number of aliphatic hydroxyl groups is 1. The lowest BCUT2D eigenvalue weighted by Crippen LogP contribution is -1.91. The molecule has 0 saturated carbocycles. The fourth-order valence-electron chi connectivity index (χ4n) is 1.34. The molecular weight excluding hydrogens is 243 g/mol. The highest BCUT2D eigenvalue weighted by molar-refractivity contribution is 5.85. The lowest BCUT2D eigenvalue weighted by Gasteiger charge is -2.07. The van der Waals surface area contributed by atoms with Gasteiger partial charge in [-0.3, -0.25) is 0 Å². The van der Waals surface area contributed by atoms with E-state index < -0.39 is 5.82 Å². The van der Waals surface area contributed by atoms with Gasteiger partial charge in [-0.2, -0.15) is 0 Å². The summed E-state index contributed by atoms with van der Waals surface area (Å²) in [5.74, 6) is 0.246. The molecule has 4 heteroatoms. The van der Waals surface area contributed by atoms with Crippen molar-refractivity contribution in [2.24, 2.45) is 0 Å². The highest BCUT2D eigenvalue weighted by Gasteiger charge is 2.05. The summed E-state index contributed by atoms with van der Waals surface area (Å²) in [6.07, 6.45) is 0. The van der Waals surface area contributed by atoms with Gasteiger partial charge in [0, 0.05) is 0 Å². The van der Waals surface area contributed by atoms with Crippen LogP contribution in [0, 0.1) is 5.82 Å². The molecule has 0 saturated heterocycles. The lowest BCUT2D eigenvalue weighted by molar-refractivity contribution is 0.281. The molecule has 0 bridgehead atoms. The van der Waals surface area contributed by atoms with Gasteiger partial charge in [0.1, 0.15) is 5.75 Å². The molecule has 0 fully saturated rings. The largest absolute Gasteiger partial charge is 0.454 e. The van der Waals surface area contributed by atoms with Crippen molar-refractivity contribution in [3.8, 4) is 11.5 Å². The van der Waals surface area contributed by atoms with Crippen LogP contribution in [-0.4, -0.2) is 5.11 Å². The lowest BCUT2D eigenvalue weighted by atomic mass is 10.2. The number of benzene rings is 2. The summed E-state index contributed by atoms with van der Waals surface area (Å²) in [6.45, 7) is -0.134. The first kappa shape index (κ1) is 13.5. The summed E-state index contributed by atoms with van der Waals surface area (Å²) in [5, 5.41) is 8.94. The molecule has 0 aliphatic heterocycles. The zero-order valence-corrected chi connectivity index (χ0v) is 9.78. The first-order chi connectivity index (χ1) is 7.79. The van der Waals surface area contributed by atoms with Gasteiger partial charge in [-0.25, -0.2) is 4.39 Å². The minimum absolute atomic E-state index is 0. The minimum atomic E-state index is -0.443. The Morgan fingerprint density at radius 2 is 1.76 bits per heavy atom. The average molecular weight is 255 g/mol. The molecule has 2 nitrogen and oxygen atoms in total. The molecule has 0 spiro atoms. The fraction of sp³-hybridized carbons (Fsp3) is 0.0769. The molecule has 90 valence electrons. The molecule has 2 aromatic rings. The molecule has 0 radical (unpaired) electrons. The smallest absolute Gasteiger partial charge is 0.165 e. The van der Waals surface area contributed by atoms with Crippen LogP contribution >= 0.6 is 12.4 Å². The normalized spacial score (nSPS) is 9.53. The molecule has 0 unspecified atom stereocenters. The van der Waals surface area contributed by atoms with Crippen molar-refractivity contribution >= 4 is 12.4 Å². The van der Waals surface area contributed by atoms with Crippen LogP contribution < -0.4 is 4.74 Å². The van der Waals surface area contributed by atoms with Crippen LogP contribution in [-0.2, 0) is 6.61 Å². The van der Waals surface area contributed by atoms with E-state index in [0.717, 1.165) is 0 Å². The van der Waals surface area contributed by atoms with E-state index in [1.807, 2.05) is 18.2 Å². The second-order valence-corrected chi connectivity index (χ2v) is 3.34. The van der Waals surface area contributed by atoms with Crippen LogP contribution in [0.5, 0.6) is 11.5 Å². The number of para-hydroxylation sites is 1. The van der Waals surface area contributed by atoms with Gasteiger partial charge in [-0.15, -0.1) is 12.4 Å². The van der Waals surface area contributed by atoms with Crippen molar-refractivity contribution in [2.45, 2.75) is 6.61 Å². The van der Waals surface area contributed by atoms with Gasteiger partial charge in [0.15, 0.2) is 11.6 Å². The number of ether oxygens (including phenoxy) is 1. The van der Waals surface area contributed by atoms with E-state index in [1.165, 1.54) is 18.2 Å². The Labute approximate surface area is 105 Å². The standard InChI is InChI=1S/C13H11FO2.ClH/c14-12-7-6-10(9-15)8-13(12)16-11-4-2-1-3-5-11;/h1-8,15H,9H2;1H. The molecule has 1 N–H and O–H groups in total. The van der Waals surface area contributed by atoms with Crippen LogP contribution in [0.1, 0.15) is 5.56 Å². The third kappa shape index (κ3) is 3.44. The van der Waals surface area contributed by atoms with E-state index in [-0.39, 0.29) is 24.8 Å². The van der Waals surface area contributed by atoms with E-state index >= 15 is 0 Å². The van der Waals surface area contributed by atoms with Gasteiger partial charge in [-0.05, 0) is 29.8 Å². The summed E-state index contributed by atoms with van der Waals surface area (Å²) in [6, 6.07) is 13.2. The number of hydrogen-bond acceptors (Lipinski definition) is 2. The number of aliphatic hydroxyl groups excluding tert-OH is 1. The fourth-order valence-corrected chi connectivity index (χ4v) is 1.34. The molecule has 2 aromatic carbocycles. The number of hydrogen-bond donors (Lipinski definition) is 1. The summed E-state index contributed by atoms with van der Waals surface area (Å²) in [4.78, 5) is 0. The zero-order chi connectivity index (χ0) is 11.4. The molecular formula is C13H12ClFO2. The summed E-state index contributed by atoms with van der Waals surface area (Å²) < 4.78 is 18.8. The highest BCUT2D eigenvalue weighted by Crippen LogP contribution is 2.25. The van der Waals surface area contributed by atoms with Crippen LogP contribution in [0.15, 0.2) is 48.5 Å². The SMILES string of the molecule is Cl.OCc1ccc(F)c(Oc2ccccc2)c1.